The Labute approximate surface area is 136 Å². The number of nitrogens with one attached hydrogen (secondary N) is 1. The molecule has 1 aliphatic rings. The van der Waals surface area contributed by atoms with E-state index in [1.165, 1.54) is 0 Å². The molecule has 0 bridgehead atoms. The molecule has 0 saturated carbocycles. The van der Waals surface area contributed by atoms with E-state index in [4.69, 9.17) is 0 Å². The summed E-state index contributed by atoms with van der Waals surface area (Å²) in [5.41, 5.74) is -1.78. The number of amides is 5. The van der Waals surface area contributed by atoms with Gasteiger partial charge in [-0.25, -0.2) is 4.79 Å². The van der Waals surface area contributed by atoms with Crippen LogP contribution in [-0.2, 0) is 9.59 Å². The number of nitro groups is 1. The number of urea groups is 1. The highest BCUT2D eigenvalue weighted by Gasteiger charge is 2.53. The largest absolute Gasteiger partial charge is 0.338 e. The second kappa shape index (κ2) is 6.19. The maximum atomic E-state index is 12.6. The lowest BCUT2D eigenvalue weighted by atomic mass is 9.78. The summed E-state index contributed by atoms with van der Waals surface area (Å²) in [5.74, 6) is -2.55. The van der Waals surface area contributed by atoms with Gasteiger partial charge in [0, 0.05) is 17.7 Å². The monoisotopic (exact) mass is 333 g/mol. The summed E-state index contributed by atoms with van der Waals surface area (Å²) in [7, 11) is 0. The lowest BCUT2D eigenvalue weighted by molar-refractivity contribution is -0.384. The van der Waals surface area contributed by atoms with E-state index in [1.54, 1.807) is 13.8 Å². The summed E-state index contributed by atoms with van der Waals surface area (Å²) in [5, 5.41) is 12.7. The van der Waals surface area contributed by atoms with Crippen LogP contribution < -0.4 is 5.32 Å². The fraction of sp³-hybridized carbons (Fsp3) is 0.333. The standard InChI is InChI=1S/C15H15N3O6/c1-3-15(4-2)12(20)16-14(22)17(13(15)21)11(19)9-5-7-10(8-6-9)18(23)24/h5-8H,3-4H2,1-2H3,(H,16,20,22). The van der Waals surface area contributed by atoms with Gasteiger partial charge in [-0.3, -0.25) is 29.8 Å². The predicted molar refractivity (Wildman–Crippen MR) is 80.8 cm³/mol. The number of carbonyl (C=O) groups is 4. The van der Waals surface area contributed by atoms with Gasteiger partial charge in [0.25, 0.3) is 17.5 Å². The average Bonchev–Trinajstić information content (AvgIpc) is 2.55. The highest BCUT2D eigenvalue weighted by atomic mass is 16.6. The van der Waals surface area contributed by atoms with Gasteiger partial charge in [-0.05, 0) is 25.0 Å². The molecule has 9 heteroatoms. The molecule has 1 fully saturated rings. The van der Waals surface area contributed by atoms with E-state index < -0.39 is 34.1 Å². The summed E-state index contributed by atoms with van der Waals surface area (Å²) in [4.78, 5) is 59.5. The lowest BCUT2D eigenvalue weighted by Crippen LogP contribution is -2.64. The minimum Gasteiger partial charge on any atom is -0.276 e. The van der Waals surface area contributed by atoms with Crippen molar-refractivity contribution < 1.29 is 24.1 Å². The third kappa shape index (κ3) is 2.53. The van der Waals surface area contributed by atoms with Gasteiger partial charge in [0.1, 0.15) is 5.41 Å². The Bertz CT molecular complexity index is 736. The molecule has 1 aromatic carbocycles. The van der Waals surface area contributed by atoms with Crippen molar-refractivity contribution in [3.63, 3.8) is 0 Å². The third-order valence-corrected chi connectivity index (χ3v) is 4.21. The summed E-state index contributed by atoms with van der Waals surface area (Å²) < 4.78 is 0. The van der Waals surface area contributed by atoms with Crippen LogP contribution in [0.1, 0.15) is 37.0 Å². The zero-order chi connectivity index (χ0) is 18.1. The van der Waals surface area contributed by atoms with Crippen molar-refractivity contribution >= 4 is 29.4 Å². The van der Waals surface area contributed by atoms with Crippen molar-refractivity contribution in [2.24, 2.45) is 5.41 Å². The maximum Gasteiger partial charge on any atom is 0.338 e. The van der Waals surface area contributed by atoms with E-state index in [1.807, 2.05) is 5.32 Å². The predicted octanol–water partition coefficient (Wildman–Crippen LogP) is 1.62. The maximum absolute atomic E-state index is 12.6. The Hall–Kier alpha value is -3.10. The van der Waals surface area contributed by atoms with Gasteiger partial charge in [-0.1, -0.05) is 13.8 Å². The first-order valence-electron chi connectivity index (χ1n) is 7.27. The normalized spacial score (nSPS) is 16.8. The van der Waals surface area contributed by atoms with Crippen LogP contribution in [0.2, 0.25) is 0 Å². The number of rotatable bonds is 4. The number of carbonyl (C=O) groups excluding carboxylic acids is 4. The van der Waals surface area contributed by atoms with Gasteiger partial charge in [0.2, 0.25) is 5.91 Å². The second-order valence-electron chi connectivity index (χ2n) is 5.30. The molecule has 1 aromatic rings. The van der Waals surface area contributed by atoms with Crippen LogP contribution >= 0.6 is 0 Å². The van der Waals surface area contributed by atoms with E-state index in [2.05, 4.69) is 0 Å². The number of nitrogens with zero attached hydrogens (tertiary/aromatic N) is 2. The first-order valence-corrected chi connectivity index (χ1v) is 7.27. The molecule has 1 heterocycles. The van der Waals surface area contributed by atoms with Gasteiger partial charge >= 0.3 is 6.03 Å². The summed E-state index contributed by atoms with van der Waals surface area (Å²) in [6.07, 6.45) is 0.261. The molecule has 9 nitrogen and oxygen atoms in total. The van der Waals surface area contributed by atoms with E-state index in [0.29, 0.717) is 4.90 Å². The van der Waals surface area contributed by atoms with Crippen LogP contribution in [-0.4, -0.2) is 33.6 Å². The highest BCUT2D eigenvalue weighted by molar-refractivity contribution is 6.27. The smallest absolute Gasteiger partial charge is 0.276 e. The number of hydrogen-bond donors (Lipinski definition) is 1. The zero-order valence-electron chi connectivity index (χ0n) is 13.1. The molecule has 0 radical (unpaired) electrons. The molecular formula is C15H15N3O6. The van der Waals surface area contributed by atoms with Gasteiger partial charge in [0.15, 0.2) is 0 Å². The molecule has 2 rings (SSSR count). The van der Waals surface area contributed by atoms with Crippen molar-refractivity contribution in [1.82, 2.24) is 10.2 Å². The van der Waals surface area contributed by atoms with Crippen molar-refractivity contribution in [2.45, 2.75) is 26.7 Å². The first kappa shape index (κ1) is 17.3. The minimum absolute atomic E-state index is 0.0699. The van der Waals surface area contributed by atoms with Crippen LogP contribution in [0.25, 0.3) is 0 Å². The van der Waals surface area contributed by atoms with Gasteiger partial charge < -0.3 is 0 Å². The highest BCUT2D eigenvalue weighted by Crippen LogP contribution is 2.33. The number of nitro benzene ring substituents is 1. The molecule has 24 heavy (non-hydrogen) atoms. The van der Waals surface area contributed by atoms with E-state index in [0.717, 1.165) is 24.3 Å². The Morgan fingerprint density at radius 2 is 1.71 bits per heavy atom. The van der Waals surface area contributed by atoms with E-state index in [-0.39, 0.29) is 24.1 Å². The molecule has 0 aliphatic carbocycles. The quantitative estimate of drug-likeness (QED) is 0.386. The van der Waals surface area contributed by atoms with Gasteiger partial charge in [-0.15, -0.1) is 0 Å². The molecule has 0 spiro atoms. The molecule has 1 N–H and O–H groups in total. The van der Waals surface area contributed by atoms with Gasteiger partial charge in [-0.2, -0.15) is 4.90 Å². The molecule has 126 valence electrons. The Balaban J connectivity index is 2.40. The van der Waals surface area contributed by atoms with Crippen LogP contribution in [0.5, 0.6) is 0 Å². The summed E-state index contributed by atoms with van der Waals surface area (Å²) in [6, 6.07) is 3.37. The van der Waals surface area contributed by atoms with Crippen molar-refractivity contribution in [3.05, 3.63) is 39.9 Å². The molecule has 0 unspecified atom stereocenters. The summed E-state index contributed by atoms with van der Waals surface area (Å²) >= 11 is 0. The first-order chi connectivity index (χ1) is 11.3. The Morgan fingerprint density at radius 1 is 1.17 bits per heavy atom. The summed E-state index contributed by atoms with van der Waals surface area (Å²) in [6.45, 7) is 3.23. The number of barbiturate groups is 1. The number of hydrogen-bond acceptors (Lipinski definition) is 6. The van der Waals surface area contributed by atoms with Crippen LogP contribution in [0.15, 0.2) is 24.3 Å². The topological polar surface area (TPSA) is 127 Å². The molecular weight excluding hydrogens is 318 g/mol. The number of benzene rings is 1. The lowest BCUT2D eigenvalue weighted by Gasteiger charge is -2.37. The van der Waals surface area contributed by atoms with E-state index >= 15 is 0 Å². The van der Waals surface area contributed by atoms with Gasteiger partial charge in [0.05, 0.1) is 4.92 Å². The van der Waals surface area contributed by atoms with Crippen molar-refractivity contribution in [2.75, 3.05) is 0 Å². The number of imide groups is 4. The SMILES string of the molecule is CCC1(CC)C(=O)NC(=O)N(C(=O)c2ccc([N+](=O)[O-])cc2)C1=O. The third-order valence-electron chi connectivity index (χ3n) is 4.21. The van der Waals surface area contributed by atoms with Crippen LogP contribution in [0.3, 0.4) is 0 Å². The fourth-order valence-electron chi connectivity index (χ4n) is 2.59. The van der Waals surface area contributed by atoms with Crippen LogP contribution in [0.4, 0.5) is 10.5 Å². The molecule has 1 aliphatic heterocycles. The zero-order valence-corrected chi connectivity index (χ0v) is 13.1. The minimum atomic E-state index is -1.48. The van der Waals surface area contributed by atoms with Crippen molar-refractivity contribution in [3.8, 4) is 0 Å². The molecule has 1 saturated heterocycles. The average molecular weight is 333 g/mol. The second-order valence-corrected chi connectivity index (χ2v) is 5.30. The fourth-order valence-corrected chi connectivity index (χ4v) is 2.59. The van der Waals surface area contributed by atoms with Crippen molar-refractivity contribution in [1.29, 1.82) is 0 Å². The van der Waals surface area contributed by atoms with Crippen LogP contribution in [0, 0.1) is 15.5 Å². The Kier molecular flexibility index (Phi) is 4.45. The Morgan fingerprint density at radius 3 is 2.17 bits per heavy atom. The van der Waals surface area contributed by atoms with E-state index in [9.17, 15) is 29.3 Å². The molecule has 0 atom stereocenters. The molecule has 0 aromatic heterocycles. The molecule has 5 amide bonds. The number of non-ortho nitro benzene ring substituents is 1.